The van der Waals surface area contributed by atoms with E-state index in [2.05, 4.69) is 50.5 Å². The van der Waals surface area contributed by atoms with Gasteiger partial charge in [0.1, 0.15) is 5.75 Å². The van der Waals surface area contributed by atoms with Gasteiger partial charge in [-0.2, -0.15) is 0 Å². The van der Waals surface area contributed by atoms with Crippen LogP contribution in [0.1, 0.15) is 58.9 Å². The third kappa shape index (κ3) is 7.65. The SMILES string of the molecule is Cc1cccc(CNC(=O)Cc2cccc(CC(C)(C)NC[C@H](O)c3ccc(O)c(CO)c3)c2)c1C. The molecule has 0 bridgehead atoms. The summed E-state index contributed by atoms with van der Waals surface area (Å²) in [5, 5.41) is 36.1. The second kappa shape index (κ2) is 12.2. The molecule has 1 amide bonds. The first kappa shape index (κ1) is 27.4. The molecule has 0 radical (unpaired) electrons. The fourth-order valence-corrected chi connectivity index (χ4v) is 4.30. The summed E-state index contributed by atoms with van der Waals surface area (Å²) in [5.41, 5.74) is 6.34. The molecular weight excluding hydrogens is 452 g/mol. The van der Waals surface area contributed by atoms with E-state index in [4.69, 9.17) is 0 Å². The van der Waals surface area contributed by atoms with Crippen molar-refractivity contribution < 1.29 is 20.1 Å². The van der Waals surface area contributed by atoms with E-state index in [9.17, 15) is 20.1 Å². The molecule has 0 saturated carbocycles. The van der Waals surface area contributed by atoms with Gasteiger partial charge in [-0.25, -0.2) is 0 Å². The van der Waals surface area contributed by atoms with Crippen LogP contribution in [0.5, 0.6) is 5.75 Å². The minimum Gasteiger partial charge on any atom is -0.508 e. The van der Waals surface area contributed by atoms with E-state index < -0.39 is 6.10 Å². The average Bonchev–Trinajstić information content (AvgIpc) is 2.83. The first-order valence-electron chi connectivity index (χ1n) is 12.3. The maximum Gasteiger partial charge on any atom is 0.224 e. The summed E-state index contributed by atoms with van der Waals surface area (Å²) >= 11 is 0. The third-order valence-electron chi connectivity index (χ3n) is 6.63. The van der Waals surface area contributed by atoms with E-state index >= 15 is 0 Å². The predicted molar refractivity (Wildman–Crippen MR) is 143 cm³/mol. The normalized spacial score (nSPS) is 12.4. The number of β-amino-alcohol motifs (C(OH)–C–C–N with tert-alkyl or cyclic N) is 1. The second-order valence-electron chi connectivity index (χ2n) is 10.1. The first-order chi connectivity index (χ1) is 17.1. The van der Waals surface area contributed by atoms with Gasteiger partial charge in [-0.05, 0) is 79.6 Å². The molecule has 6 nitrogen and oxygen atoms in total. The Balaban J connectivity index is 1.54. The molecule has 192 valence electrons. The molecule has 0 heterocycles. The Morgan fingerprint density at radius 2 is 1.69 bits per heavy atom. The Labute approximate surface area is 214 Å². The number of hydrogen-bond acceptors (Lipinski definition) is 5. The Morgan fingerprint density at radius 1 is 0.972 bits per heavy atom. The van der Waals surface area contributed by atoms with E-state index in [1.807, 2.05) is 30.3 Å². The van der Waals surface area contributed by atoms with Crippen LogP contribution in [-0.2, 0) is 30.8 Å². The van der Waals surface area contributed by atoms with Gasteiger partial charge in [0.05, 0.1) is 19.1 Å². The van der Waals surface area contributed by atoms with E-state index in [1.54, 1.807) is 12.1 Å². The fourth-order valence-electron chi connectivity index (χ4n) is 4.30. The predicted octanol–water partition coefficient (Wildman–Crippen LogP) is 4.00. The summed E-state index contributed by atoms with van der Waals surface area (Å²) in [6, 6.07) is 18.9. The van der Waals surface area contributed by atoms with E-state index in [1.165, 1.54) is 17.2 Å². The Hall–Kier alpha value is -3.19. The summed E-state index contributed by atoms with van der Waals surface area (Å²) in [6.45, 7) is 8.84. The van der Waals surface area contributed by atoms with Crippen molar-refractivity contribution in [3.8, 4) is 5.75 Å². The molecular formula is C30H38N2O4. The largest absolute Gasteiger partial charge is 0.508 e. The molecule has 0 saturated heterocycles. The lowest BCUT2D eigenvalue weighted by atomic mass is 9.93. The molecule has 3 rings (SSSR count). The molecule has 0 spiro atoms. The highest BCUT2D eigenvalue weighted by atomic mass is 16.3. The number of carbonyl (C=O) groups is 1. The van der Waals surface area contributed by atoms with Crippen LogP contribution in [0.3, 0.4) is 0 Å². The Kier molecular flexibility index (Phi) is 9.26. The van der Waals surface area contributed by atoms with Crippen molar-refractivity contribution in [1.82, 2.24) is 10.6 Å². The topological polar surface area (TPSA) is 102 Å². The van der Waals surface area contributed by atoms with Crippen molar-refractivity contribution in [3.05, 3.63) is 99.6 Å². The third-order valence-corrected chi connectivity index (χ3v) is 6.63. The van der Waals surface area contributed by atoms with Crippen molar-refractivity contribution >= 4 is 5.91 Å². The van der Waals surface area contributed by atoms with Crippen molar-refractivity contribution in [1.29, 1.82) is 0 Å². The Bertz CT molecular complexity index is 1190. The van der Waals surface area contributed by atoms with Gasteiger partial charge in [0.25, 0.3) is 0 Å². The number of rotatable bonds is 11. The zero-order valence-electron chi connectivity index (χ0n) is 21.6. The van der Waals surface area contributed by atoms with Gasteiger partial charge in [0.2, 0.25) is 5.91 Å². The number of phenols is 1. The number of nitrogens with one attached hydrogen (secondary N) is 2. The fraction of sp³-hybridized carbons (Fsp3) is 0.367. The molecule has 0 unspecified atom stereocenters. The summed E-state index contributed by atoms with van der Waals surface area (Å²) in [6.07, 6.45) is 0.260. The number of aliphatic hydroxyl groups is 2. The first-order valence-corrected chi connectivity index (χ1v) is 12.3. The van der Waals surface area contributed by atoms with Crippen molar-refractivity contribution in [2.24, 2.45) is 0 Å². The monoisotopic (exact) mass is 490 g/mol. The van der Waals surface area contributed by atoms with Gasteiger partial charge in [0.15, 0.2) is 0 Å². The van der Waals surface area contributed by atoms with Crippen LogP contribution in [0.4, 0.5) is 0 Å². The summed E-state index contributed by atoms with van der Waals surface area (Å²) < 4.78 is 0. The van der Waals surface area contributed by atoms with Crippen LogP contribution in [0.2, 0.25) is 0 Å². The molecule has 0 aromatic heterocycles. The zero-order valence-corrected chi connectivity index (χ0v) is 21.6. The zero-order chi connectivity index (χ0) is 26.3. The summed E-state index contributed by atoms with van der Waals surface area (Å²) in [5.74, 6) is 0.00490. The molecule has 5 N–H and O–H groups in total. The summed E-state index contributed by atoms with van der Waals surface area (Å²) in [7, 11) is 0. The van der Waals surface area contributed by atoms with Crippen LogP contribution in [0.25, 0.3) is 0 Å². The number of aryl methyl sites for hydroxylation is 1. The maximum absolute atomic E-state index is 12.6. The number of hydrogen-bond donors (Lipinski definition) is 5. The standard InChI is InChI=1S/C30H38N2O4/c1-20-7-5-10-25(21(20)2)17-31-29(36)14-22-8-6-9-23(13-22)16-30(3,4)32-18-28(35)24-11-12-27(34)26(15-24)19-33/h5-13,15,28,32-35H,14,16-19H2,1-4H3,(H,31,36)/t28-/m0/s1. The number of amides is 1. The highest BCUT2D eigenvalue weighted by molar-refractivity contribution is 5.78. The average molecular weight is 491 g/mol. The van der Waals surface area contributed by atoms with E-state index in [-0.39, 0.29) is 23.8 Å². The second-order valence-corrected chi connectivity index (χ2v) is 10.1. The van der Waals surface area contributed by atoms with Gasteiger partial charge in [-0.1, -0.05) is 48.5 Å². The quantitative estimate of drug-likeness (QED) is 0.280. The minimum atomic E-state index is -0.776. The van der Waals surface area contributed by atoms with Gasteiger partial charge < -0.3 is 26.0 Å². The van der Waals surface area contributed by atoms with Crippen molar-refractivity contribution in [3.63, 3.8) is 0 Å². The highest BCUT2D eigenvalue weighted by Crippen LogP contribution is 2.23. The lowest BCUT2D eigenvalue weighted by Gasteiger charge is -2.28. The van der Waals surface area contributed by atoms with Gasteiger partial charge >= 0.3 is 0 Å². The molecule has 3 aromatic carbocycles. The van der Waals surface area contributed by atoms with Gasteiger partial charge in [0, 0.05) is 24.2 Å². The number of aromatic hydroxyl groups is 1. The highest BCUT2D eigenvalue weighted by Gasteiger charge is 2.20. The molecule has 6 heteroatoms. The number of carbonyl (C=O) groups excluding carboxylic acids is 1. The van der Waals surface area contributed by atoms with Crippen molar-refractivity contribution in [2.45, 2.75) is 65.3 Å². The van der Waals surface area contributed by atoms with Gasteiger partial charge in [-0.15, -0.1) is 0 Å². The molecule has 36 heavy (non-hydrogen) atoms. The molecule has 0 aliphatic rings. The van der Waals surface area contributed by atoms with E-state index in [0.717, 1.165) is 23.1 Å². The van der Waals surface area contributed by atoms with Crippen LogP contribution >= 0.6 is 0 Å². The molecule has 0 aliphatic heterocycles. The van der Waals surface area contributed by atoms with E-state index in [0.29, 0.717) is 30.6 Å². The minimum absolute atomic E-state index is 0.00953. The molecule has 0 aliphatic carbocycles. The lowest BCUT2D eigenvalue weighted by molar-refractivity contribution is -0.120. The molecule has 3 aromatic rings. The van der Waals surface area contributed by atoms with Crippen LogP contribution in [0.15, 0.2) is 60.7 Å². The number of aliphatic hydroxyl groups excluding tert-OH is 2. The van der Waals surface area contributed by atoms with Crippen LogP contribution in [-0.4, -0.2) is 33.3 Å². The van der Waals surface area contributed by atoms with Crippen LogP contribution in [0, 0.1) is 13.8 Å². The molecule has 0 fully saturated rings. The number of benzene rings is 3. The summed E-state index contributed by atoms with van der Waals surface area (Å²) in [4.78, 5) is 12.6. The van der Waals surface area contributed by atoms with Gasteiger partial charge in [-0.3, -0.25) is 4.79 Å². The lowest BCUT2D eigenvalue weighted by Crippen LogP contribution is -2.43. The van der Waals surface area contributed by atoms with Crippen molar-refractivity contribution in [2.75, 3.05) is 6.54 Å². The smallest absolute Gasteiger partial charge is 0.224 e. The van der Waals surface area contributed by atoms with Crippen LogP contribution < -0.4 is 10.6 Å². The molecule has 1 atom stereocenters. The Morgan fingerprint density at radius 3 is 2.44 bits per heavy atom. The maximum atomic E-state index is 12.6.